The Bertz CT molecular complexity index is 662. The van der Waals surface area contributed by atoms with Crippen molar-refractivity contribution >= 4 is 21.6 Å². The molecule has 2 aliphatic heterocycles. The van der Waals surface area contributed by atoms with Crippen molar-refractivity contribution in [2.45, 2.75) is 26.2 Å². The van der Waals surface area contributed by atoms with Gasteiger partial charge in [0.2, 0.25) is 15.9 Å². The van der Waals surface area contributed by atoms with Crippen molar-refractivity contribution in [3.8, 4) is 0 Å². The molecule has 6 nitrogen and oxygen atoms in total. The van der Waals surface area contributed by atoms with E-state index in [2.05, 4.69) is 4.98 Å². The number of rotatable bonds is 4. The van der Waals surface area contributed by atoms with E-state index in [4.69, 9.17) is 0 Å². The highest BCUT2D eigenvalue weighted by molar-refractivity contribution is 7.89. The van der Waals surface area contributed by atoms with Crippen molar-refractivity contribution in [2.24, 2.45) is 5.41 Å². The van der Waals surface area contributed by atoms with Crippen LogP contribution in [0.5, 0.6) is 0 Å². The Morgan fingerprint density at radius 3 is 2.86 bits per heavy atom. The fourth-order valence-corrected chi connectivity index (χ4v) is 5.05. The Morgan fingerprint density at radius 2 is 2.18 bits per heavy atom. The van der Waals surface area contributed by atoms with Crippen LogP contribution in [-0.2, 0) is 14.8 Å². The third kappa shape index (κ3) is 2.75. The summed E-state index contributed by atoms with van der Waals surface area (Å²) in [7, 11) is -3.18. The second kappa shape index (κ2) is 5.62. The Hall–Kier alpha value is -1.47. The largest absolute Gasteiger partial charge is 0.310 e. The predicted molar refractivity (Wildman–Crippen MR) is 83.9 cm³/mol. The number of aromatic nitrogens is 1. The Balaban J connectivity index is 1.76. The summed E-state index contributed by atoms with van der Waals surface area (Å²) in [4.78, 5) is 18.1. The van der Waals surface area contributed by atoms with Gasteiger partial charge < -0.3 is 4.90 Å². The SMILES string of the molecule is CCCS(=O)(=O)N1CC[C@]2(CC(=O)N(c3cccnc3)C2)C1. The Kier molecular flexibility index (Phi) is 3.94. The molecule has 1 spiro atoms. The fourth-order valence-electron chi connectivity index (χ4n) is 3.44. The molecule has 2 saturated heterocycles. The van der Waals surface area contributed by atoms with Crippen molar-refractivity contribution in [3.63, 3.8) is 0 Å². The number of sulfonamides is 1. The first kappa shape index (κ1) is 15.4. The first-order valence-electron chi connectivity index (χ1n) is 7.64. The van der Waals surface area contributed by atoms with Crippen LogP contribution in [0.3, 0.4) is 0 Å². The molecule has 0 bridgehead atoms. The quantitative estimate of drug-likeness (QED) is 0.836. The van der Waals surface area contributed by atoms with Crippen molar-refractivity contribution in [2.75, 3.05) is 30.3 Å². The van der Waals surface area contributed by atoms with E-state index in [9.17, 15) is 13.2 Å². The van der Waals surface area contributed by atoms with E-state index < -0.39 is 10.0 Å². The summed E-state index contributed by atoms with van der Waals surface area (Å²) in [6, 6.07) is 3.67. The summed E-state index contributed by atoms with van der Waals surface area (Å²) in [5.41, 5.74) is 0.549. The number of hydrogen-bond donors (Lipinski definition) is 0. The Labute approximate surface area is 131 Å². The van der Waals surface area contributed by atoms with Gasteiger partial charge in [0, 0.05) is 37.7 Å². The van der Waals surface area contributed by atoms with E-state index >= 15 is 0 Å². The summed E-state index contributed by atoms with van der Waals surface area (Å²) in [5, 5.41) is 0. The molecule has 1 atom stereocenters. The first-order chi connectivity index (χ1) is 10.5. The first-order valence-corrected chi connectivity index (χ1v) is 9.25. The average Bonchev–Trinajstić information content (AvgIpc) is 3.04. The predicted octanol–water partition coefficient (Wildman–Crippen LogP) is 1.25. The molecule has 0 saturated carbocycles. The van der Waals surface area contributed by atoms with Gasteiger partial charge in [-0.1, -0.05) is 6.92 Å². The highest BCUT2D eigenvalue weighted by atomic mass is 32.2. The molecule has 0 N–H and O–H groups in total. The zero-order valence-electron chi connectivity index (χ0n) is 12.7. The number of nitrogens with zero attached hydrogens (tertiary/aromatic N) is 3. The molecule has 3 heterocycles. The van der Waals surface area contributed by atoms with Gasteiger partial charge in [-0.15, -0.1) is 0 Å². The van der Waals surface area contributed by atoms with Gasteiger partial charge in [-0.3, -0.25) is 9.78 Å². The van der Waals surface area contributed by atoms with Gasteiger partial charge in [-0.25, -0.2) is 12.7 Å². The maximum absolute atomic E-state index is 12.3. The molecular formula is C15H21N3O3S. The molecule has 0 unspecified atom stereocenters. The molecular weight excluding hydrogens is 302 g/mol. The van der Waals surface area contributed by atoms with Gasteiger partial charge in [0.1, 0.15) is 0 Å². The van der Waals surface area contributed by atoms with Crippen LogP contribution >= 0.6 is 0 Å². The molecule has 1 aromatic rings. The fraction of sp³-hybridized carbons (Fsp3) is 0.600. The number of carbonyl (C=O) groups is 1. The second-order valence-corrected chi connectivity index (χ2v) is 8.36. The van der Waals surface area contributed by atoms with Gasteiger partial charge in [-0.2, -0.15) is 0 Å². The zero-order valence-corrected chi connectivity index (χ0v) is 13.6. The number of carbonyl (C=O) groups excluding carboxylic acids is 1. The molecule has 2 fully saturated rings. The Morgan fingerprint density at radius 1 is 1.36 bits per heavy atom. The van der Waals surface area contributed by atoms with E-state index in [0.29, 0.717) is 32.5 Å². The number of hydrogen-bond acceptors (Lipinski definition) is 4. The van der Waals surface area contributed by atoms with Crippen molar-refractivity contribution in [1.29, 1.82) is 0 Å². The summed E-state index contributed by atoms with van der Waals surface area (Å²) in [6.45, 7) is 3.43. The monoisotopic (exact) mass is 323 g/mol. The van der Waals surface area contributed by atoms with Crippen LogP contribution in [0.25, 0.3) is 0 Å². The maximum Gasteiger partial charge on any atom is 0.227 e. The number of pyridine rings is 1. The lowest BCUT2D eigenvalue weighted by Crippen LogP contribution is -2.35. The third-order valence-corrected chi connectivity index (χ3v) is 6.56. The molecule has 0 aromatic carbocycles. The summed E-state index contributed by atoms with van der Waals surface area (Å²) >= 11 is 0. The van der Waals surface area contributed by atoms with Gasteiger partial charge >= 0.3 is 0 Å². The molecule has 0 aliphatic carbocycles. The van der Waals surface area contributed by atoms with Crippen LogP contribution in [0.2, 0.25) is 0 Å². The molecule has 22 heavy (non-hydrogen) atoms. The van der Waals surface area contributed by atoms with E-state index in [-0.39, 0.29) is 17.1 Å². The van der Waals surface area contributed by atoms with E-state index in [0.717, 1.165) is 12.1 Å². The van der Waals surface area contributed by atoms with Gasteiger partial charge in [0.15, 0.2) is 0 Å². The van der Waals surface area contributed by atoms with Gasteiger partial charge in [0.25, 0.3) is 0 Å². The topological polar surface area (TPSA) is 70.6 Å². The highest BCUT2D eigenvalue weighted by Crippen LogP contribution is 2.42. The van der Waals surface area contributed by atoms with Crippen LogP contribution in [-0.4, -0.2) is 49.0 Å². The minimum Gasteiger partial charge on any atom is -0.310 e. The third-order valence-electron chi connectivity index (χ3n) is 4.54. The van der Waals surface area contributed by atoms with Crippen LogP contribution < -0.4 is 4.90 Å². The van der Waals surface area contributed by atoms with Crippen LogP contribution in [0, 0.1) is 5.41 Å². The van der Waals surface area contributed by atoms with E-state index in [1.54, 1.807) is 27.7 Å². The van der Waals surface area contributed by atoms with Crippen molar-refractivity contribution in [1.82, 2.24) is 9.29 Å². The zero-order chi connectivity index (χ0) is 15.8. The minimum atomic E-state index is -3.18. The summed E-state index contributed by atoms with van der Waals surface area (Å²) in [5.74, 6) is 0.242. The van der Waals surface area contributed by atoms with Crippen LogP contribution in [0.1, 0.15) is 26.2 Å². The second-order valence-electron chi connectivity index (χ2n) is 6.27. The highest BCUT2D eigenvalue weighted by Gasteiger charge is 2.49. The molecule has 1 aromatic heterocycles. The molecule has 3 rings (SSSR count). The molecule has 120 valence electrons. The van der Waals surface area contributed by atoms with Crippen LogP contribution in [0.4, 0.5) is 5.69 Å². The van der Waals surface area contributed by atoms with E-state index in [1.165, 1.54) is 0 Å². The lowest BCUT2D eigenvalue weighted by atomic mass is 9.86. The number of anilines is 1. The van der Waals surface area contributed by atoms with Crippen molar-refractivity contribution < 1.29 is 13.2 Å². The summed E-state index contributed by atoms with van der Waals surface area (Å²) in [6.07, 6.45) is 5.14. The van der Waals surface area contributed by atoms with E-state index in [1.807, 2.05) is 13.0 Å². The lowest BCUT2D eigenvalue weighted by molar-refractivity contribution is -0.117. The minimum absolute atomic E-state index is 0.0581. The summed E-state index contributed by atoms with van der Waals surface area (Å²) < 4.78 is 26.0. The van der Waals surface area contributed by atoms with Gasteiger partial charge in [-0.05, 0) is 25.0 Å². The molecule has 1 amide bonds. The molecule has 7 heteroatoms. The van der Waals surface area contributed by atoms with Crippen LogP contribution in [0.15, 0.2) is 24.5 Å². The lowest BCUT2D eigenvalue weighted by Gasteiger charge is -2.24. The number of amides is 1. The van der Waals surface area contributed by atoms with Gasteiger partial charge in [0.05, 0.1) is 17.6 Å². The molecule has 2 aliphatic rings. The smallest absolute Gasteiger partial charge is 0.227 e. The van der Waals surface area contributed by atoms with Crippen molar-refractivity contribution in [3.05, 3.63) is 24.5 Å². The molecule has 0 radical (unpaired) electrons. The maximum atomic E-state index is 12.3. The normalized spacial score (nSPS) is 26.2. The standard InChI is InChI=1S/C15H21N3O3S/c1-2-8-22(20,21)17-7-5-15(11-17)9-14(19)18(12-15)13-4-3-6-16-10-13/h3-4,6,10H,2,5,7-9,11-12H2,1H3/t15-/m0/s1. The average molecular weight is 323 g/mol.